The topological polar surface area (TPSA) is 105 Å². The molecule has 1 atom stereocenters. The maximum atomic E-state index is 9.59. The van der Waals surface area contributed by atoms with Gasteiger partial charge >= 0.3 is 0 Å². The van der Waals surface area contributed by atoms with Crippen LogP contribution in [0.1, 0.15) is 31.7 Å². The summed E-state index contributed by atoms with van der Waals surface area (Å²) in [6, 6.07) is 11.9. The monoisotopic (exact) mass is 483 g/mol. The third-order valence-electron chi connectivity index (χ3n) is 6.27. The van der Waals surface area contributed by atoms with Gasteiger partial charge in [-0.1, -0.05) is 13.0 Å². The van der Waals surface area contributed by atoms with Gasteiger partial charge in [0.2, 0.25) is 5.88 Å². The summed E-state index contributed by atoms with van der Waals surface area (Å²) in [5.74, 6) is 1.69. The summed E-state index contributed by atoms with van der Waals surface area (Å²) in [6.45, 7) is 4.44. The van der Waals surface area contributed by atoms with E-state index in [1.807, 2.05) is 24.4 Å². The Balaban J connectivity index is 1.55. The lowest BCUT2D eigenvalue weighted by molar-refractivity contribution is 0.160. The van der Waals surface area contributed by atoms with E-state index in [-0.39, 0.29) is 6.10 Å². The Morgan fingerprint density at radius 1 is 1.17 bits per heavy atom. The van der Waals surface area contributed by atoms with E-state index in [9.17, 15) is 5.26 Å². The average Bonchev–Trinajstić information content (AvgIpc) is 3.35. The molecule has 1 saturated heterocycles. The molecule has 1 aliphatic heterocycles. The van der Waals surface area contributed by atoms with Crippen molar-refractivity contribution in [3.63, 3.8) is 0 Å². The van der Waals surface area contributed by atoms with Crippen molar-refractivity contribution < 1.29 is 14.2 Å². The Morgan fingerprint density at radius 3 is 2.86 bits per heavy atom. The molecule has 2 aromatic heterocycles. The first-order chi connectivity index (χ1) is 17.7. The number of H-pyrrole nitrogens is 1. The molecule has 0 saturated carbocycles. The molecule has 0 amide bonds. The molecule has 0 bridgehead atoms. The van der Waals surface area contributed by atoms with Gasteiger partial charge in [-0.15, -0.1) is 0 Å². The molecule has 2 N–H and O–H groups in total. The van der Waals surface area contributed by atoms with Crippen molar-refractivity contribution in [1.29, 1.82) is 5.26 Å². The van der Waals surface area contributed by atoms with E-state index >= 15 is 0 Å². The number of aromatic nitrogens is 3. The average molecular weight is 484 g/mol. The summed E-state index contributed by atoms with van der Waals surface area (Å²) < 4.78 is 17.7. The third kappa shape index (κ3) is 4.83. The SMILES string of the molecule is CCCOc1c(OC)cc(C#N)cc1-c1ccc2[nH]cc(-c3cncc(OC4CCCNC4)n3)c2c1. The van der Waals surface area contributed by atoms with Gasteiger partial charge in [0.15, 0.2) is 11.5 Å². The maximum Gasteiger partial charge on any atom is 0.233 e. The van der Waals surface area contributed by atoms with Crippen LogP contribution < -0.4 is 19.5 Å². The minimum absolute atomic E-state index is 0.0989. The number of nitriles is 1. The number of fused-ring (bicyclic) bond motifs is 1. The summed E-state index contributed by atoms with van der Waals surface area (Å²) in [4.78, 5) is 12.5. The Kier molecular flexibility index (Phi) is 7.01. The van der Waals surface area contributed by atoms with Crippen molar-refractivity contribution in [2.24, 2.45) is 0 Å². The van der Waals surface area contributed by atoms with Crippen molar-refractivity contribution in [2.45, 2.75) is 32.3 Å². The van der Waals surface area contributed by atoms with Crippen LogP contribution in [0, 0.1) is 11.3 Å². The summed E-state index contributed by atoms with van der Waals surface area (Å²) in [5, 5.41) is 13.9. The van der Waals surface area contributed by atoms with Crippen LogP contribution in [0.4, 0.5) is 0 Å². The largest absolute Gasteiger partial charge is 0.493 e. The molecule has 1 aliphatic rings. The van der Waals surface area contributed by atoms with Crippen LogP contribution in [0.3, 0.4) is 0 Å². The molecule has 0 aliphatic carbocycles. The van der Waals surface area contributed by atoms with Gasteiger partial charge < -0.3 is 24.5 Å². The van der Waals surface area contributed by atoms with E-state index in [0.717, 1.165) is 65.6 Å². The van der Waals surface area contributed by atoms with Crippen LogP contribution in [0.2, 0.25) is 0 Å². The van der Waals surface area contributed by atoms with Crippen LogP contribution in [0.25, 0.3) is 33.3 Å². The maximum absolute atomic E-state index is 9.59. The molecule has 0 spiro atoms. The molecule has 8 heteroatoms. The smallest absolute Gasteiger partial charge is 0.233 e. The van der Waals surface area contributed by atoms with Crippen molar-refractivity contribution in [3.05, 3.63) is 54.5 Å². The molecular weight excluding hydrogens is 454 g/mol. The lowest BCUT2D eigenvalue weighted by Gasteiger charge is -2.23. The molecule has 5 rings (SSSR count). The van der Waals surface area contributed by atoms with Gasteiger partial charge in [0.1, 0.15) is 6.10 Å². The minimum atomic E-state index is 0.0989. The Bertz CT molecular complexity index is 1400. The summed E-state index contributed by atoms with van der Waals surface area (Å²) in [6.07, 6.45) is 8.39. The second-order valence-corrected chi connectivity index (χ2v) is 8.81. The summed E-state index contributed by atoms with van der Waals surface area (Å²) in [5.41, 5.74) is 4.85. The van der Waals surface area contributed by atoms with E-state index in [1.54, 1.807) is 25.6 Å². The standard InChI is InChI=1S/C28H29N5O3/c1-3-9-35-28-21(10-18(13-29)11-26(28)34-2)19-6-7-24-22(12-19)23(15-32-24)25-16-31-17-27(33-25)36-20-5-4-8-30-14-20/h6-7,10-12,15-17,20,30,32H,3-5,8-9,14H2,1-2H3. The van der Waals surface area contributed by atoms with Crippen molar-refractivity contribution >= 4 is 10.9 Å². The zero-order chi connectivity index (χ0) is 24.9. The number of aromatic amines is 1. The van der Waals surface area contributed by atoms with Crippen molar-refractivity contribution in [2.75, 3.05) is 26.8 Å². The highest BCUT2D eigenvalue weighted by Crippen LogP contribution is 2.41. The number of ether oxygens (including phenoxy) is 3. The van der Waals surface area contributed by atoms with E-state index in [4.69, 9.17) is 19.2 Å². The van der Waals surface area contributed by atoms with Gasteiger partial charge in [-0.2, -0.15) is 5.26 Å². The predicted octanol–water partition coefficient (Wildman–Crippen LogP) is 5.09. The molecular formula is C28H29N5O3. The van der Waals surface area contributed by atoms with E-state index < -0.39 is 0 Å². The number of hydrogen-bond acceptors (Lipinski definition) is 7. The molecule has 4 aromatic rings. The van der Waals surface area contributed by atoms with Crippen molar-refractivity contribution in [1.82, 2.24) is 20.3 Å². The fourth-order valence-electron chi connectivity index (χ4n) is 4.51. The lowest BCUT2D eigenvalue weighted by atomic mass is 9.98. The highest BCUT2D eigenvalue weighted by Gasteiger charge is 2.18. The summed E-state index contributed by atoms with van der Waals surface area (Å²) in [7, 11) is 1.59. The fourth-order valence-corrected chi connectivity index (χ4v) is 4.51. The van der Waals surface area contributed by atoms with Crippen LogP contribution in [0.5, 0.6) is 17.4 Å². The van der Waals surface area contributed by atoms with Gasteiger partial charge in [-0.05, 0) is 49.6 Å². The molecule has 2 aromatic carbocycles. The van der Waals surface area contributed by atoms with Crippen LogP contribution in [-0.4, -0.2) is 47.9 Å². The normalized spacial score (nSPS) is 15.4. The quantitative estimate of drug-likeness (QED) is 0.360. The molecule has 1 unspecified atom stereocenters. The number of nitrogens with zero attached hydrogens (tertiary/aromatic N) is 3. The molecule has 3 heterocycles. The third-order valence-corrected chi connectivity index (χ3v) is 6.27. The number of hydrogen-bond donors (Lipinski definition) is 2. The minimum Gasteiger partial charge on any atom is -0.493 e. The lowest BCUT2D eigenvalue weighted by Crippen LogP contribution is -2.37. The second kappa shape index (κ2) is 10.7. The zero-order valence-corrected chi connectivity index (χ0v) is 20.5. The first-order valence-corrected chi connectivity index (χ1v) is 12.3. The number of benzene rings is 2. The van der Waals surface area contributed by atoms with Gasteiger partial charge in [0.25, 0.3) is 0 Å². The first-order valence-electron chi connectivity index (χ1n) is 12.3. The zero-order valence-electron chi connectivity index (χ0n) is 20.5. The Hall–Kier alpha value is -4.09. The van der Waals surface area contributed by atoms with Gasteiger partial charge in [-0.25, -0.2) is 4.98 Å². The van der Waals surface area contributed by atoms with Crippen molar-refractivity contribution in [3.8, 4) is 45.8 Å². The highest BCUT2D eigenvalue weighted by molar-refractivity contribution is 5.97. The fraction of sp³-hybridized carbons (Fsp3) is 0.321. The van der Waals surface area contributed by atoms with E-state index in [0.29, 0.717) is 29.5 Å². The predicted molar refractivity (Wildman–Crippen MR) is 138 cm³/mol. The summed E-state index contributed by atoms with van der Waals surface area (Å²) >= 11 is 0. The first kappa shape index (κ1) is 23.6. The van der Waals surface area contributed by atoms with Crippen LogP contribution in [-0.2, 0) is 0 Å². The molecule has 184 valence electrons. The van der Waals surface area contributed by atoms with Crippen LogP contribution >= 0.6 is 0 Å². The number of rotatable bonds is 8. The molecule has 8 nitrogen and oxygen atoms in total. The number of piperidine rings is 1. The van der Waals surface area contributed by atoms with Gasteiger partial charge in [0, 0.05) is 40.8 Å². The van der Waals surface area contributed by atoms with Gasteiger partial charge in [-0.3, -0.25) is 4.98 Å². The van der Waals surface area contributed by atoms with E-state index in [2.05, 4.69) is 34.3 Å². The van der Waals surface area contributed by atoms with Gasteiger partial charge in [0.05, 0.1) is 43.4 Å². The van der Waals surface area contributed by atoms with Crippen LogP contribution in [0.15, 0.2) is 48.9 Å². The Morgan fingerprint density at radius 2 is 2.08 bits per heavy atom. The Labute approximate surface area is 210 Å². The number of nitrogens with one attached hydrogen (secondary N) is 2. The second-order valence-electron chi connectivity index (χ2n) is 8.81. The number of methoxy groups -OCH3 is 1. The molecule has 1 fully saturated rings. The molecule has 0 radical (unpaired) electrons. The van der Waals surface area contributed by atoms with E-state index in [1.165, 1.54) is 0 Å². The highest BCUT2D eigenvalue weighted by atomic mass is 16.5. The molecule has 36 heavy (non-hydrogen) atoms.